The highest BCUT2D eigenvalue weighted by Crippen LogP contribution is 2.23. The molecule has 0 saturated heterocycles. The molecule has 0 atom stereocenters. The van der Waals surface area contributed by atoms with Gasteiger partial charge >= 0.3 is 0 Å². The third-order valence-electron chi connectivity index (χ3n) is 3.94. The molecule has 2 aromatic carbocycles. The smallest absolute Gasteiger partial charge is 0.227 e. The Hall–Kier alpha value is -2.62. The Bertz CT molecular complexity index is 767. The molecule has 0 fully saturated rings. The van der Waals surface area contributed by atoms with Crippen molar-refractivity contribution in [3.05, 3.63) is 60.2 Å². The maximum absolute atomic E-state index is 4.76. The van der Waals surface area contributed by atoms with Crippen LogP contribution in [0.5, 0.6) is 0 Å². The molecule has 1 N–H and O–H groups in total. The van der Waals surface area contributed by atoms with Crippen LogP contribution in [-0.4, -0.2) is 23.1 Å². The van der Waals surface area contributed by atoms with Crippen molar-refractivity contribution in [2.75, 3.05) is 23.3 Å². The summed E-state index contributed by atoms with van der Waals surface area (Å²) in [5.41, 5.74) is 2.21. The van der Waals surface area contributed by atoms with Crippen LogP contribution in [0.3, 0.4) is 0 Å². The Kier molecular flexibility index (Phi) is 4.71. The SMILES string of the molecule is CCN(CC)c1nc(NCc2ccccc2)c2ccccc2n1. The largest absolute Gasteiger partial charge is 0.365 e. The molecular weight excluding hydrogens is 284 g/mol. The molecule has 23 heavy (non-hydrogen) atoms. The van der Waals surface area contributed by atoms with Gasteiger partial charge in [0.05, 0.1) is 5.52 Å². The first-order valence-corrected chi connectivity index (χ1v) is 8.11. The van der Waals surface area contributed by atoms with Gasteiger partial charge in [-0.05, 0) is 31.5 Å². The predicted molar refractivity (Wildman–Crippen MR) is 96.9 cm³/mol. The summed E-state index contributed by atoms with van der Waals surface area (Å²) in [6, 6.07) is 18.5. The number of benzene rings is 2. The number of para-hydroxylation sites is 1. The summed E-state index contributed by atoms with van der Waals surface area (Å²) in [6.07, 6.45) is 0. The fourth-order valence-electron chi connectivity index (χ4n) is 2.63. The summed E-state index contributed by atoms with van der Waals surface area (Å²) in [5.74, 6) is 1.67. The summed E-state index contributed by atoms with van der Waals surface area (Å²) in [4.78, 5) is 11.6. The first kappa shape index (κ1) is 15.3. The molecule has 118 valence electrons. The Morgan fingerprint density at radius 1 is 0.870 bits per heavy atom. The molecule has 4 heteroatoms. The van der Waals surface area contributed by atoms with Gasteiger partial charge in [-0.3, -0.25) is 0 Å². The molecule has 0 radical (unpaired) electrons. The van der Waals surface area contributed by atoms with E-state index >= 15 is 0 Å². The zero-order valence-electron chi connectivity index (χ0n) is 13.7. The maximum atomic E-state index is 4.76. The molecule has 0 spiro atoms. The van der Waals surface area contributed by atoms with Crippen LogP contribution in [0.1, 0.15) is 19.4 Å². The molecule has 3 rings (SSSR count). The van der Waals surface area contributed by atoms with Crippen molar-refractivity contribution in [3.63, 3.8) is 0 Å². The van der Waals surface area contributed by atoms with Crippen molar-refractivity contribution in [1.29, 1.82) is 0 Å². The van der Waals surface area contributed by atoms with E-state index < -0.39 is 0 Å². The minimum Gasteiger partial charge on any atom is -0.365 e. The fraction of sp³-hybridized carbons (Fsp3) is 0.263. The molecule has 0 amide bonds. The minimum absolute atomic E-state index is 0.750. The highest BCUT2D eigenvalue weighted by molar-refractivity contribution is 5.90. The lowest BCUT2D eigenvalue weighted by Gasteiger charge is -2.20. The van der Waals surface area contributed by atoms with Crippen LogP contribution < -0.4 is 10.2 Å². The van der Waals surface area contributed by atoms with Crippen molar-refractivity contribution in [1.82, 2.24) is 9.97 Å². The monoisotopic (exact) mass is 306 g/mol. The number of hydrogen-bond acceptors (Lipinski definition) is 4. The average molecular weight is 306 g/mol. The van der Waals surface area contributed by atoms with Gasteiger partial charge in [0.15, 0.2) is 0 Å². The van der Waals surface area contributed by atoms with E-state index in [0.717, 1.165) is 42.3 Å². The van der Waals surface area contributed by atoms with Crippen LogP contribution in [0, 0.1) is 0 Å². The Labute approximate surface area is 137 Å². The second kappa shape index (κ2) is 7.09. The maximum Gasteiger partial charge on any atom is 0.227 e. The van der Waals surface area contributed by atoms with E-state index in [1.165, 1.54) is 5.56 Å². The zero-order chi connectivity index (χ0) is 16.1. The summed E-state index contributed by atoms with van der Waals surface area (Å²) in [7, 11) is 0. The molecule has 0 unspecified atom stereocenters. The van der Waals surface area contributed by atoms with E-state index in [0.29, 0.717) is 0 Å². The summed E-state index contributed by atoms with van der Waals surface area (Å²) >= 11 is 0. The van der Waals surface area contributed by atoms with Crippen molar-refractivity contribution in [3.8, 4) is 0 Å². The second-order valence-electron chi connectivity index (χ2n) is 5.40. The minimum atomic E-state index is 0.750. The number of nitrogens with zero attached hydrogens (tertiary/aromatic N) is 3. The summed E-state index contributed by atoms with van der Waals surface area (Å²) < 4.78 is 0. The van der Waals surface area contributed by atoms with Crippen molar-refractivity contribution in [2.24, 2.45) is 0 Å². The molecule has 0 aliphatic heterocycles. The van der Waals surface area contributed by atoms with Gasteiger partial charge in [0.25, 0.3) is 0 Å². The predicted octanol–water partition coefficient (Wildman–Crippen LogP) is 4.09. The lowest BCUT2D eigenvalue weighted by Crippen LogP contribution is -2.24. The van der Waals surface area contributed by atoms with Crippen molar-refractivity contribution < 1.29 is 0 Å². The molecule has 1 aromatic heterocycles. The summed E-state index contributed by atoms with van der Waals surface area (Å²) in [6.45, 7) is 6.79. The Morgan fingerprint density at radius 3 is 2.30 bits per heavy atom. The van der Waals surface area contributed by atoms with E-state index in [1.54, 1.807) is 0 Å². The quantitative estimate of drug-likeness (QED) is 0.745. The van der Waals surface area contributed by atoms with E-state index in [-0.39, 0.29) is 0 Å². The van der Waals surface area contributed by atoms with Crippen LogP contribution in [0.2, 0.25) is 0 Å². The molecular formula is C19H22N4. The van der Waals surface area contributed by atoms with Crippen LogP contribution in [0.25, 0.3) is 10.9 Å². The van der Waals surface area contributed by atoms with Gasteiger partial charge in [0, 0.05) is 25.0 Å². The Balaban J connectivity index is 1.96. The molecule has 3 aromatic rings. The van der Waals surface area contributed by atoms with E-state index in [4.69, 9.17) is 9.97 Å². The third kappa shape index (κ3) is 3.42. The van der Waals surface area contributed by atoms with Gasteiger partial charge in [-0.25, -0.2) is 4.98 Å². The van der Waals surface area contributed by atoms with Gasteiger partial charge in [-0.15, -0.1) is 0 Å². The van der Waals surface area contributed by atoms with Gasteiger partial charge in [0.2, 0.25) is 5.95 Å². The lowest BCUT2D eigenvalue weighted by molar-refractivity contribution is 0.826. The van der Waals surface area contributed by atoms with Gasteiger partial charge < -0.3 is 10.2 Å². The normalized spacial score (nSPS) is 10.7. The number of aromatic nitrogens is 2. The van der Waals surface area contributed by atoms with Crippen molar-refractivity contribution in [2.45, 2.75) is 20.4 Å². The number of nitrogens with one attached hydrogen (secondary N) is 1. The zero-order valence-corrected chi connectivity index (χ0v) is 13.7. The molecule has 4 nitrogen and oxygen atoms in total. The fourth-order valence-corrected chi connectivity index (χ4v) is 2.63. The number of hydrogen-bond donors (Lipinski definition) is 1. The number of anilines is 2. The van der Waals surface area contributed by atoms with E-state index in [2.05, 4.69) is 54.4 Å². The average Bonchev–Trinajstić information content (AvgIpc) is 2.61. The molecule has 0 bridgehead atoms. The first-order valence-electron chi connectivity index (χ1n) is 8.11. The van der Waals surface area contributed by atoms with Crippen LogP contribution in [-0.2, 0) is 6.54 Å². The molecule has 0 aliphatic carbocycles. The third-order valence-corrected chi connectivity index (χ3v) is 3.94. The second-order valence-corrected chi connectivity index (χ2v) is 5.40. The van der Waals surface area contributed by atoms with Gasteiger partial charge in [0.1, 0.15) is 5.82 Å². The molecule has 0 aliphatic rings. The number of rotatable bonds is 6. The lowest BCUT2D eigenvalue weighted by atomic mass is 10.2. The topological polar surface area (TPSA) is 41.1 Å². The van der Waals surface area contributed by atoms with Crippen LogP contribution >= 0.6 is 0 Å². The number of fused-ring (bicyclic) bond motifs is 1. The van der Waals surface area contributed by atoms with Gasteiger partial charge in [-0.1, -0.05) is 42.5 Å². The van der Waals surface area contributed by atoms with E-state index in [1.807, 2.05) is 24.3 Å². The van der Waals surface area contributed by atoms with E-state index in [9.17, 15) is 0 Å². The standard InChI is InChI=1S/C19H22N4/c1-3-23(4-2)19-21-17-13-9-8-12-16(17)18(22-19)20-14-15-10-6-5-7-11-15/h5-13H,3-4,14H2,1-2H3,(H,20,21,22). The van der Waals surface area contributed by atoms with Gasteiger partial charge in [-0.2, -0.15) is 4.98 Å². The highest BCUT2D eigenvalue weighted by atomic mass is 15.3. The van der Waals surface area contributed by atoms with Crippen molar-refractivity contribution >= 4 is 22.7 Å². The molecule has 1 heterocycles. The van der Waals surface area contributed by atoms with Crippen LogP contribution in [0.4, 0.5) is 11.8 Å². The Morgan fingerprint density at radius 2 is 1.57 bits per heavy atom. The summed E-state index contributed by atoms with van der Waals surface area (Å²) in [5, 5.41) is 4.52. The molecule has 0 saturated carbocycles. The highest BCUT2D eigenvalue weighted by Gasteiger charge is 2.11. The van der Waals surface area contributed by atoms with Crippen LogP contribution in [0.15, 0.2) is 54.6 Å². The first-order chi connectivity index (χ1) is 11.3.